The summed E-state index contributed by atoms with van der Waals surface area (Å²) in [4.78, 5) is 11.6. The summed E-state index contributed by atoms with van der Waals surface area (Å²) in [5.74, 6) is 1.51. The van der Waals surface area contributed by atoms with Gasteiger partial charge in [0.25, 0.3) is 0 Å². The van der Waals surface area contributed by atoms with Gasteiger partial charge in [-0.25, -0.2) is 0 Å². The Hall–Kier alpha value is -1.42. The molecule has 4 nitrogen and oxygen atoms in total. The number of hydrogen-bond donors (Lipinski definition) is 1. The normalized spacial score (nSPS) is 14.5. The standard InChI is InChI=1S/C12H14ClNO3/c1-8(5-13)12(15)14-6-9-3-2-4-10-11(9)17-7-16-10/h2-4,8H,5-7H2,1H3,(H,14,15). The summed E-state index contributed by atoms with van der Waals surface area (Å²) in [6, 6.07) is 5.62. The van der Waals surface area contributed by atoms with Gasteiger partial charge < -0.3 is 14.8 Å². The quantitative estimate of drug-likeness (QED) is 0.836. The SMILES string of the molecule is CC(CCl)C(=O)NCc1cccc2c1OCO2. The minimum Gasteiger partial charge on any atom is -0.454 e. The predicted octanol–water partition coefficient (Wildman–Crippen LogP) is 1.91. The molecule has 0 saturated carbocycles. The van der Waals surface area contributed by atoms with Crippen molar-refractivity contribution in [1.82, 2.24) is 5.32 Å². The Kier molecular flexibility index (Phi) is 3.74. The summed E-state index contributed by atoms with van der Waals surface area (Å²) >= 11 is 5.62. The molecular weight excluding hydrogens is 242 g/mol. The molecule has 0 fully saturated rings. The van der Waals surface area contributed by atoms with Crippen LogP contribution in [0.2, 0.25) is 0 Å². The molecule has 0 radical (unpaired) electrons. The first kappa shape index (κ1) is 12.0. The third-order valence-corrected chi connectivity index (χ3v) is 3.07. The largest absolute Gasteiger partial charge is 0.454 e. The topological polar surface area (TPSA) is 47.6 Å². The monoisotopic (exact) mass is 255 g/mol. The third kappa shape index (κ3) is 2.64. The molecule has 0 aromatic heterocycles. The number of hydrogen-bond acceptors (Lipinski definition) is 3. The summed E-state index contributed by atoms with van der Waals surface area (Å²) in [7, 11) is 0. The second-order valence-corrected chi connectivity index (χ2v) is 4.23. The van der Waals surface area contributed by atoms with Gasteiger partial charge in [-0.1, -0.05) is 19.1 Å². The second kappa shape index (κ2) is 5.27. The van der Waals surface area contributed by atoms with Crippen LogP contribution in [0.4, 0.5) is 0 Å². The Bertz CT molecular complexity index is 422. The van der Waals surface area contributed by atoms with Gasteiger partial charge in [0.15, 0.2) is 11.5 Å². The summed E-state index contributed by atoms with van der Waals surface area (Å²) in [6.07, 6.45) is 0. The van der Waals surface area contributed by atoms with Crippen molar-refractivity contribution in [1.29, 1.82) is 0 Å². The van der Waals surface area contributed by atoms with E-state index in [1.54, 1.807) is 6.92 Å². The van der Waals surface area contributed by atoms with E-state index in [-0.39, 0.29) is 18.6 Å². The van der Waals surface area contributed by atoms with Crippen LogP contribution in [-0.4, -0.2) is 18.6 Å². The van der Waals surface area contributed by atoms with Gasteiger partial charge in [-0.2, -0.15) is 0 Å². The lowest BCUT2D eigenvalue weighted by atomic mass is 10.1. The van der Waals surface area contributed by atoms with E-state index in [4.69, 9.17) is 21.1 Å². The zero-order chi connectivity index (χ0) is 12.3. The Balaban J connectivity index is 2.00. The number of alkyl halides is 1. The van der Waals surface area contributed by atoms with Crippen LogP contribution in [0.25, 0.3) is 0 Å². The molecule has 17 heavy (non-hydrogen) atoms. The summed E-state index contributed by atoms with van der Waals surface area (Å²) in [6.45, 7) is 2.45. The molecule has 2 rings (SSSR count). The van der Waals surface area contributed by atoms with Crippen molar-refractivity contribution in [2.24, 2.45) is 5.92 Å². The molecule has 0 spiro atoms. The van der Waals surface area contributed by atoms with Crippen molar-refractivity contribution in [3.8, 4) is 11.5 Å². The molecule has 92 valence electrons. The van der Waals surface area contributed by atoms with Crippen LogP contribution in [0.15, 0.2) is 18.2 Å². The van der Waals surface area contributed by atoms with Gasteiger partial charge in [0.05, 0.1) is 0 Å². The summed E-state index contributed by atoms with van der Waals surface area (Å²) in [5, 5.41) is 2.82. The van der Waals surface area contributed by atoms with E-state index in [1.807, 2.05) is 18.2 Å². The maximum Gasteiger partial charge on any atom is 0.231 e. The first-order valence-corrected chi connectivity index (χ1v) is 5.97. The number of para-hydroxylation sites is 1. The number of benzene rings is 1. The van der Waals surface area contributed by atoms with Crippen LogP contribution in [0, 0.1) is 5.92 Å². The Labute approximate surface area is 105 Å². The molecule has 5 heteroatoms. The number of rotatable bonds is 4. The molecule has 1 aliphatic rings. The number of carbonyl (C=O) groups is 1. The van der Waals surface area contributed by atoms with Crippen molar-refractivity contribution >= 4 is 17.5 Å². The van der Waals surface area contributed by atoms with Crippen molar-refractivity contribution in [3.05, 3.63) is 23.8 Å². The van der Waals surface area contributed by atoms with Crippen LogP contribution in [0.1, 0.15) is 12.5 Å². The smallest absolute Gasteiger partial charge is 0.231 e. The third-order valence-electron chi connectivity index (χ3n) is 2.61. The van der Waals surface area contributed by atoms with Gasteiger partial charge in [-0.15, -0.1) is 11.6 Å². The van der Waals surface area contributed by atoms with Gasteiger partial charge in [0, 0.05) is 23.9 Å². The first-order valence-electron chi connectivity index (χ1n) is 5.43. The summed E-state index contributed by atoms with van der Waals surface area (Å²) in [5.41, 5.74) is 0.912. The minimum atomic E-state index is -0.189. The van der Waals surface area contributed by atoms with Gasteiger partial charge >= 0.3 is 0 Å². The first-order chi connectivity index (χ1) is 8.22. The maximum atomic E-state index is 11.6. The fourth-order valence-corrected chi connectivity index (χ4v) is 1.70. The molecule has 1 aromatic rings. The Morgan fingerprint density at radius 2 is 2.35 bits per heavy atom. The van der Waals surface area contributed by atoms with Crippen molar-refractivity contribution in [2.75, 3.05) is 12.7 Å². The number of amides is 1. The highest BCUT2D eigenvalue weighted by atomic mass is 35.5. The maximum absolute atomic E-state index is 11.6. The molecule has 1 aliphatic heterocycles. The lowest BCUT2D eigenvalue weighted by Gasteiger charge is -2.10. The Morgan fingerprint density at radius 3 is 3.12 bits per heavy atom. The van der Waals surface area contributed by atoms with Crippen LogP contribution >= 0.6 is 11.6 Å². The number of fused-ring (bicyclic) bond motifs is 1. The highest BCUT2D eigenvalue weighted by Crippen LogP contribution is 2.35. The van der Waals surface area contributed by atoms with Crippen molar-refractivity contribution < 1.29 is 14.3 Å². The molecule has 0 bridgehead atoms. The predicted molar refractivity (Wildman–Crippen MR) is 64.3 cm³/mol. The van der Waals surface area contributed by atoms with E-state index >= 15 is 0 Å². The van der Waals surface area contributed by atoms with Crippen molar-refractivity contribution in [3.63, 3.8) is 0 Å². The fraction of sp³-hybridized carbons (Fsp3) is 0.417. The van der Waals surface area contributed by atoms with E-state index in [9.17, 15) is 4.79 Å². The number of ether oxygens (including phenoxy) is 2. The second-order valence-electron chi connectivity index (χ2n) is 3.92. The average molecular weight is 256 g/mol. The molecule has 0 aliphatic carbocycles. The zero-order valence-corrected chi connectivity index (χ0v) is 10.3. The van der Waals surface area contributed by atoms with E-state index in [1.165, 1.54) is 0 Å². The molecular formula is C12H14ClNO3. The molecule has 1 amide bonds. The van der Waals surface area contributed by atoms with E-state index in [2.05, 4.69) is 5.32 Å². The molecule has 0 saturated heterocycles. The molecule has 1 atom stereocenters. The van der Waals surface area contributed by atoms with Gasteiger partial charge in [0.1, 0.15) is 0 Å². The van der Waals surface area contributed by atoms with E-state index in [0.717, 1.165) is 11.3 Å². The van der Waals surface area contributed by atoms with Gasteiger partial charge in [0.2, 0.25) is 12.7 Å². The molecule has 1 heterocycles. The van der Waals surface area contributed by atoms with Crippen LogP contribution in [0.5, 0.6) is 11.5 Å². The molecule has 1 unspecified atom stereocenters. The number of halogens is 1. The highest BCUT2D eigenvalue weighted by Gasteiger charge is 2.18. The average Bonchev–Trinajstić information content (AvgIpc) is 2.83. The number of nitrogens with one attached hydrogen (secondary N) is 1. The van der Waals surface area contributed by atoms with Crippen LogP contribution < -0.4 is 14.8 Å². The fourth-order valence-electron chi connectivity index (χ4n) is 1.56. The van der Waals surface area contributed by atoms with Crippen molar-refractivity contribution in [2.45, 2.75) is 13.5 Å². The van der Waals surface area contributed by atoms with E-state index < -0.39 is 0 Å². The zero-order valence-electron chi connectivity index (χ0n) is 9.53. The summed E-state index contributed by atoms with van der Waals surface area (Å²) < 4.78 is 10.6. The minimum absolute atomic E-state index is 0.0588. The van der Waals surface area contributed by atoms with Crippen LogP contribution in [-0.2, 0) is 11.3 Å². The number of carbonyl (C=O) groups excluding carboxylic acids is 1. The lowest BCUT2D eigenvalue weighted by molar-refractivity contribution is -0.124. The van der Waals surface area contributed by atoms with Gasteiger partial charge in [-0.3, -0.25) is 4.79 Å². The molecule has 1 N–H and O–H groups in total. The van der Waals surface area contributed by atoms with Crippen LogP contribution in [0.3, 0.4) is 0 Å². The highest BCUT2D eigenvalue weighted by molar-refractivity contribution is 6.19. The molecule has 1 aromatic carbocycles. The van der Waals surface area contributed by atoms with E-state index in [0.29, 0.717) is 18.2 Å². The Morgan fingerprint density at radius 1 is 1.53 bits per heavy atom. The van der Waals surface area contributed by atoms with Gasteiger partial charge in [-0.05, 0) is 6.07 Å². The lowest BCUT2D eigenvalue weighted by Crippen LogP contribution is -2.29.